The van der Waals surface area contributed by atoms with Crippen molar-refractivity contribution in [3.63, 3.8) is 0 Å². The second-order valence-corrected chi connectivity index (χ2v) is 6.98. The molecule has 0 N–H and O–H groups in total. The van der Waals surface area contributed by atoms with Crippen molar-refractivity contribution in [1.82, 2.24) is 9.80 Å². The summed E-state index contributed by atoms with van der Waals surface area (Å²) in [5.74, 6) is -0.376. The maximum absolute atomic E-state index is 12.8. The van der Waals surface area contributed by atoms with Gasteiger partial charge in [0.15, 0.2) is 0 Å². The molecule has 142 valence electrons. The Hall–Kier alpha value is -2.66. The molecule has 2 aromatic rings. The zero-order valence-electron chi connectivity index (χ0n) is 16.0. The highest BCUT2D eigenvalue weighted by molar-refractivity contribution is 5.96. The summed E-state index contributed by atoms with van der Waals surface area (Å²) >= 11 is 0. The predicted molar refractivity (Wildman–Crippen MR) is 105 cm³/mol. The standard InChI is InChI=1S/C22H26N2O3/c1-17-4-6-18(7-5-17)16-23-12-3-13-24(15-14-23)21(25)19-8-10-20(11-9-19)22(26)27-2/h4-11H,3,12-16H2,1-2H3. The average Bonchev–Trinajstić information content (AvgIpc) is 2.94. The van der Waals surface area contributed by atoms with Gasteiger partial charge in [0, 0.05) is 38.3 Å². The largest absolute Gasteiger partial charge is 0.465 e. The molecule has 0 aliphatic carbocycles. The molecule has 5 nitrogen and oxygen atoms in total. The second-order valence-electron chi connectivity index (χ2n) is 6.98. The normalized spacial score (nSPS) is 15.3. The molecule has 0 spiro atoms. The maximum atomic E-state index is 12.8. The van der Waals surface area contributed by atoms with Crippen molar-refractivity contribution in [3.8, 4) is 0 Å². The van der Waals surface area contributed by atoms with E-state index in [9.17, 15) is 9.59 Å². The molecule has 27 heavy (non-hydrogen) atoms. The number of ether oxygens (including phenoxy) is 1. The van der Waals surface area contributed by atoms with E-state index < -0.39 is 5.97 Å². The molecule has 2 aromatic carbocycles. The zero-order valence-corrected chi connectivity index (χ0v) is 16.0. The van der Waals surface area contributed by atoms with E-state index in [0.29, 0.717) is 17.7 Å². The lowest BCUT2D eigenvalue weighted by Crippen LogP contribution is -2.35. The van der Waals surface area contributed by atoms with E-state index in [0.717, 1.165) is 32.6 Å². The van der Waals surface area contributed by atoms with Crippen LogP contribution in [-0.4, -0.2) is 55.0 Å². The summed E-state index contributed by atoms with van der Waals surface area (Å²) in [7, 11) is 1.35. The monoisotopic (exact) mass is 366 g/mol. The average molecular weight is 366 g/mol. The van der Waals surface area contributed by atoms with Crippen molar-refractivity contribution in [2.24, 2.45) is 0 Å². The van der Waals surface area contributed by atoms with E-state index >= 15 is 0 Å². The van der Waals surface area contributed by atoms with Gasteiger partial charge in [-0.25, -0.2) is 4.79 Å². The highest BCUT2D eigenvalue weighted by atomic mass is 16.5. The molecule has 0 saturated carbocycles. The summed E-state index contributed by atoms with van der Waals surface area (Å²) in [6, 6.07) is 15.3. The summed E-state index contributed by atoms with van der Waals surface area (Å²) in [5, 5.41) is 0. The van der Waals surface area contributed by atoms with Crippen LogP contribution in [0.3, 0.4) is 0 Å². The highest BCUT2D eigenvalue weighted by Crippen LogP contribution is 2.14. The molecule has 5 heteroatoms. The van der Waals surface area contributed by atoms with Gasteiger partial charge < -0.3 is 9.64 Å². The summed E-state index contributed by atoms with van der Waals surface area (Å²) in [6.45, 7) is 6.32. The van der Waals surface area contributed by atoms with Gasteiger partial charge in [0.1, 0.15) is 0 Å². The van der Waals surface area contributed by atoms with Crippen LogP contribution in [-0.2, 0) is 11.3 Å². The van der Waals surface area contributed by atoms with Crippen LogP contribution in [0.25, 0.3) is 0 Å². The van der Waals surface area contributed by atoms with Gasteiger partial charge in [0.25, 0.3) is 5.91 Å². The molecule has 1 fully saturated rings. The first-order chi connectivity index (χ1) is 13.1. The van der Waals surface area contributed by atoms with Crippen molar-refractivity contribution in [2.75, 3.05) is 33.3 Å². The molecule has 0 aromatic heterocycles. The fraction of sp³-hybridized carbons (Fsp3) is 0.364. The summed E-state index contributed by atoms with van der Waals surface area (Å²) < 4.78 is 4.70. The molecular formula is C22H26N2O3. The van der Waals surface area contributed by atoms with Crippen LogP contribution < -0.4 is 0 Å². The summed E-state index contributed by atoms with van der Waals surface area (Å²) in [6.07, 6.45) is 0.956. The first-order valence-corrected chi connectivity index (χ1v) is 9.32. The molecule has 1 aliphatic rings. The quantitative estimate of drug-likeness (QED) is 0.780. The van der Waals surface area contributed by atoms with Crippen molar-refractivity contribution < 1.29 is 14.3 Å². The van der Waals surface area contributed by atoms with Gasteiger partial charge in [0.2, 0.25) is 0 Å². The van der Waals surface area contributed by atoms with E-state index in [1.807, 2.05) is 4.90 Å². The van der Waals surface area contributed by atoms with Crippen molar-refractivity contribution >= 4 is 11.9 Å². The van der Waals surface area contributed by atoms with Crippen molar-refractivity contribution in [3.05, 3.63) is 70.8 Å². The van der Waals surface area contributed by atoms with Gasteiger partial charge >= 0.3 is 5.97 Å². The number of nitrogens with zero attached hydrogens (tertiary/aromatic N) is 2. The Kier molecular flexibility index (Phi) is 6.24. The number of rotatable bonds is 4. The molecule has 3 rings (SSSR count). The highest BCUT2D eigenvalue weighted by Gasteiger charge is 2.20. The van der Waals surface area contributed by atoms with Crippen LogP contribution in [0.4, 0.5) is 0 Å². The lowest BCUT2D eigenvalue weighted by molar-refractivity contribution is 0.0599. The molecule has 1 saturated heterocycles. The number of methoxy groups -OCH3 is 1. The lowest BCUT2D eigenvalue weighted by Gasteiger charge is -2.22. The molecule has 1 heterocycles. The number of carbonyl (C=O) groups excluding carboxylic acids is 2. The SMILES string of the molecule is COC(=O)c1ccc(C(=O)N2CCCN(Cc3ccc(C)cc3)CC2)cc1. The number of amides is 1. The van der Waals surface area contributed by atoms with Crippen LogP contribution in [0.1, 0.15) is 38.3 Å². The first kappa shape index (κ1) is 19.1. The summed E-state index contributed by atoms with van der Waals surface area (Å²) in [4.78, 5) is 28.6. The van der Waals surface area contributed by atoms with Crippen molar-refractivity contribution in [1.29, 1.82) is 0 Å². The fourth-order valence-corrected chi connectivity index (χ4v) is 3.33. The third-order valence-electron chi connectivity index (χ3n) is 4.96. The maximum Gasteiger partial charge on any atom is 0.337 e. The minimum Gasteiger partial charge on any atom is -0.465 e. The molecule has 1 aliphatic heterocycles. The van der Waals surface area contributed by atoms with E-state index in [-0.39, 0.29) is 5.91 Å². The molecule has 1 amide bonds. The Labute approximate surface area is 160 Å². The van der Waals surface area contributed by atoms with Crippen molar-refractivity contribution in [2.45, 2.75) is 19.9 Å². The molecule has 0 unspecified atom stereocenters. The number of hydrogen-bond donors (Lipinski definition) is 0. The van der Waals surface area contributed by atoms with Crippen LogP contribution in [0.2, 0.25) is 0 Å². The molecule has 0 atom stereocenters. The number of benzene rings is 2. The Morgan fingerprint density at radius 1 is 0.889 bits per heavy atom. The van der Waals surface area contributed by atoms with Gasteiger partial charge in [-0.3, -0.25) is 9.69 Å². The number of hydrogen-bond acceptors (Lipinski definition) is 4. The number of aryl methyl sites for hydroxylation is 1. The van der Waals surface area contributed by atoms with E-state index in [2.05, 4.69) is 36.1 Å². The third kappa shape index (κ3) is 4.95. The predicted octanol–water partition coefficient (Wildman–Crippen LogP) is 3.13. The third-order valence-corrected chi connectivity index (χ3v) is 4.96. The Balaban J connectivity index is 1.59. The molecular weight excluding hydrogens is 340 g/mol. The minimum atomic E-state index is -0.393. The van der Waals surface area contributed by atoms with E-state index in [1.165, 1.54) is 18.2 Å². The Bertz CT molecular complexity index is 784. The number of esters is 1. The smallest absolute Gasteiger partial charge is 0.337 e. The first-order valence-electron chi connectivity index (χ1n) is 9.32. The topological polar surface area (TPSA) is 49.9 Å². The van der Waals surface area contributed by atoms with Gasteiger partial charge in [-0.1, -0.05) is 29.8 Å². The molecule has 0 radical (unpaired) electrons. The van der Waals surface area contributed by atoms with Crippen LogP contribution in [0, 0.1) is 6.92 Å². The van der Waals surface area contributed by atoms with Crippen LogP contribution >= 0.6 is 0 Å². The van der Waals surface area contributed by atoms with Gasteiger partial charge in [-0.05, 0) is 43.2 Å². The van der Waals surface area contributed by atoms with Gasteiger partial charge in [0.05, 0.1) is 12.7 Å². The number of carbonyl (C=O) groups is 2. The van der Waals surface area contributed by atoms with E-state index in [4.69, 9.17) is 4.74 Å². The lowest BCUT2D eigenvalue weighted by atomic mass is 10.1. The Morgan fingerprint density at radius 2 is 1.56 bits per heavy atom. The van der Waals surface area contributed by atoms with E-state index in [1.54, 1.807) is 24.3 Å². The van der Waals surface area contributed by atoms with Crippen LogP contribution in [0.15, 0.2) is 48.5 Å². The second kappa shape index (κ2) is 8.82. The van der Waals surface area contributed by atoms with Gasteiger partial charge in [-0.2, -0.15) is 0 Å². The summed E-state index contributed by atoms with van der Waals surface area (Å²) in [5.41, 5.74) is 3.63. The molecule has 0 bridgehead atoms. The van der Waals surface area contributed by atoms with Crippen LogP contribution in [0.5, 0.6) is 0 Å². The minimum absolute atomic E-state index is 0.0172. The fourth-order valence-electron chi connectivity index (χ4n) is 3.33. The Morgan fingerprint density at radius 3 is 2.22 bits per heavy atom. The van der Waals surface area contributed by atoms with Gasteiger partial charge in [-0.15, -0.1) is 0 Å². The zero-order chi connectivity index (χ0) is 19.2.